The van der Waals surface area contributed by atoms with E-state index in [9.17, 15) is 4.79 Å². The molecule has 2 aliphatic heterocycles. The normalized spacial score (nSPS) is 15.8. The fourth-order valence-corrected chi connectivity index (χ4v) is 5.37. The van der Waals surface area contributed by atoms with Crippen LogP contribution in [0.1, 0.15) is 22.4 Å². The Kier molecular flexibility index (Phi) is 6.40. The van der Waals surface area contributed by atoms with Gasteiger partial charge in [-0.2, -0.15) is 4.98 Å². The van der Waals surface area contributed by atoms with Crippen molar-refractivity contribution in [1.29, 1.82) is 0 Å². The zero-order valence-electron chi connectivity index (χ0n) is 21.1. The van der Waals surface area contributed by atoms with Crippen molar-refractivity contribution < 1.29 is 9.53 Å². The molecule has 1 fully saturated rings. The Morgan fingerprint density at radius 3 is 2.61 bits per heavy atom. The van der Waals surface area contributed by atoms with Crippen molar-refractivity contribution in [3.8, 4) is 5.75 Å². The Bertz CT molecular complexity index is 1320. The maximum Gasteiger partial charge on any atom is 0.279 e. The smallest absolute Gasteiger partial charge is 0.279 e. The molecule has 1 saturated heterocycles. The number of nitrogens with zero attached hydrogens (tertiary/aromatic N) is 7. The highest BCUT2D eigenvalue weighted by molar-refractivity contribution is 7.16. The van der Waals surface area contributed by atoms with Gasteiger partial charge in [0.1, 0.15) is 16.4 Å². The largest absolute Gasteiger partial charge is 0.494 e. The minimum absolute atomic E-state index is 0.173. The van der Waals surface area contributed by atoms with Crippen molar-refractivity contribution in [3.63, 3.8) is 0 Å². The van der Waals surface area contributed by atoms with Gasteiger partial charge in [-0.1, -0.05) is 6.08 Å². The number of carbonyl (C=O) groups excluding carboxylic acids is 1. The van der Waals surface area contributed by atoms with Crippen molar-refractivity contribution in [1.82, 2.24) is 19.9 Å². The number of aryl methyl sites for hydroxylation is 1. The third-order valence-electron chi connectivity index (χ3n) is 6.43. The molecule has 1 aromatic carbocycles. The van der Waals surface area contributed by atoms with Crippen LogP contribution in [-0.4, -0.2) is 73.1 Å². The molecule has 1 N–H and O–H groups in total. The second-order valence-electron chi connectivity index (χ2n) is 8.73. The summed E-state index contributed by atoms with van der Waals surface area (Å²) in [5.41, 5.74) is 2.94. The second-order valence-corrected chi connectivity index (χ2v) is 9.91. The van der Waals surface area contributed by atoms with Crippen LogP contribution in [0.5, 0.6) is 5.75 Å². The van der Waals surface area contributed by atoms with Gasteiger partial charge in [0.15, 0.2) is 11.5 Å². The summed E-state index contributed by atoms with van der Waals surface area (Å²) in [6, 6.07) is 6.12. The zero-order chi connectivity index (χ0) is 25.4. The van der Waals surface area contributed by atoms with Gasteiger partial charge >= 0.3 is 0 Å². The molecule has 0 bridgehead atoms. The van der Waals surface area contributed by atoms with Crippen LogP contribution in [0, 0.1) is 6.92 Å². The summed E-state index contributed by atoms with van der Waals surface area (Å²) in [5.74, 6) is 1.58. The molecule has 5 rings (SSSR count). The summed E-state index contributed by atoms with van der Waals surface area (Å²) in [6.45, 7) is 7.82. The van der Waals surface area contributed by atoms with Crippen LogP contribution in [0.15, 0.2) is 36.7 Å². The summed E-state index contributed by atoms with van der Waals surface area (Å²) in [6.07, 6.45) is 5.88. The SMILES string of the molecule is CC=CN1CCN(c2ccc(Nc3ncc4c(n3)N(C)c3sc(C)nc3C(=O)N4C)c(OC)c2)CC1. The molecule has 3 aromatic rings. The molecular formula is C25H30N8O2S. The van der Waals surface area contributed by atoms with E-state index in [2.05, 4.69) is 43.4 Å². The second kappa shape index (κ2) is 9.65. The fourth-order valence-electron chi connectivity index (χ4n) is 4.50. The van der Waals surface area contributed by atoms with Crippen LogP contribution in [0.25, 0.3) is 0 Å². The lowest BCUT2D eigenvalue weighted by Crippen LogP contribution is -2.44. The van der Waals surface area contributed by atoms with E-state index >= 15 is 0 Å². The van der Waals surface area contributed by atoms with E-state index in [-0.39, 0.29) is 5.91 Å². The average molecular weight is 507 g/mol. The van der Waals surface area contributed by atoms with Gasteiger partial charge in [-0.05, 0) is 32.2 Å². The number of benzene rings is 1. The molecule has 0 radical (unpaired) electrons. The van der Waals surface area contributed by atoms with E-state index in [4.69, 9.17) is 9.72 Å². The Morgan fingerprint density at radius 2 is 1.89 bits per heavy atom. The number of methoxy groups -OCH3 is 1. The van der Waals surface area contributed by atoms with Crippen LogP contribution in [0.4, 0.5) is 33.8 Å². The molecule has 36 heavy (non-hydrogen) atoms. The van der Waals surface area contributed by atoms with Crippen LogP contribution in [-0.2, 0) is 0 Å². The van der Waals surface area contributed by atoms with Gasteiger partial charge in [0.05, 0.1) is 24.0 Å². The number of piperazine rings is 1. The number of nitrogens with one attached hydrogen (secondary N) is 1. The number of allylic oxidation sites excluding steroid dienone is 1. The van der Waals surface area contributed by atoms with Gasteiger partial charge in [0.25, 0.3) is 5.91 Å². The molecule has 0 spiro atoms. The van der Waals surface area contributed by atoms with E-state index < -0.39 is 0 Å². The van der Waals surface area contributed by atoms with E-state index in [0.29, 0.717) is 28.9 Å². The fraction of sp³-hybridized carbons (Fsp3) is 0.360. The van der Waals surface area contributed by atoms with Crippen LogP contribution in [0.3, 0.4) is 0 Å². The van der Waals surface area contributed by atoms with Crippen LogP contribution in [0.2, 0.25) is 0 Å². The highest BCUT2D eigenvalue weighted by Crippen LogP contribution is 2.41. The maximum absolute atomic E-state index is 13.0. The number of ether oxygens (including phenoxy) is 1. The van der Waals surface area contributed by atoms with E-state index in [1.54, 1.807) is 25.3 Å². The Balaban J connectivity index is 1.40. The minimum Gasteiger partial charge on any atom is -0.494 e. The Labute approximate surface area is 214 Å². The van der Waals surface area contributed by atoms with Crippen molar-refractivity contribution in [2.75, 3.05) is 67.4 Å². The lowest BCUT2D eigenvalue weighted by Gasteiger charge is -2.35. The summed E-state index contributed by atoms with van der Waals surface area (Å²) < 4.78 is 5.71. The van der Waals surface area contributed by atoms with Crippen molar-refractivity contribution >= 4 is 51.1 Å². The maximum atomic E-state index is 13.0. The number of aromatic nitrogens is 3. The molecular weight excluding hydrogens is 476 g/mol. The molecule has 4 heterocycles. The zero-order valence-corrected chi connectivity index (χ0v) is 22.0. The van der Waals surface area contributed by atoms with Crippen LogP contribution >= 0.6 is 11.3 Å². The van der Waals surface area contributed by atoms with Crippen LogP contribution < -0.4 is 24.8 Å². The number of carbonyl (C=O) groups is 1. The first-order valence-corrected chi connectivity index (χ1v) is 12.6. The van der Waals surface area contributed by atoms with Crippen molar-refractivity contribution in [2.45, 2.75) is 13.8 Å². The first-order chi connectivity index (χ1) is 17.4. The lowest BCUT2D eigenvalue weighted by atomic mass is 10.2. The molecule has 1 amide bonds. The van der Waals surface area contributed by atoms with E-state index in [1.807, 2.05) is 37.9 Å². The van der Waals surface area contributed by atoms with Gasteiger partial charge in [0.2, 0.25) is 5.95 Å². The quantitative estimate of drug-likeness (QED) is 0.551. The molecule has 0 saturated carbocycles. The summed E-state index contributed by atoms with van der Waals surface area (Å²) >= 11 is 1.47. The first kappa shape index (κ1) is 23.9. The third-order valence-corrected chi connectivity index (χ3v) is 7.48. The highest BCUT2D eigenvalue weighted by Gasteiger charge is 2.32. The van der Waals surface area contributed by atoms with E-state index in [0.717, 1.165) is 47.6 Å². The summed E-state index contributed by atoms with van der Waals surface area (Å²) in [5, 5.41) is 4.90. The molecule has 2 aromatic heterocycles. The number of hydrogen-bond donors (Lipinski definition) is 1. The molecule has 2 aliphatic rings. The van der Waals surface area contributed by atoms with Gasteiger partial charge < -0.3 is 29.7 Å². The van der Waals surface area contributed by atoms with Gasteiger partial charge in [-0.15, -0.1) is 11.3 Å². The van der Waals surface area contributed by atoms with Crippen molar-refractivity contribution in [3.05, 3.63) is 47.4 Å². The van der Waals surface area contributed by atoms with Gasteiger partial charge in [-0.3, -0.25) is 4.79 Å². The Hall–Kier alpha value is -3.86. The number of hydrogen-bond acceptors (Lipinski definition) is 10. The third kappa shape index (κ3) is 4.30. The van der Waals surface area contributed by atoms with Gasteiger partial charge in [-0.25, -0.2) is 9.97 Å². The average Bonchev–Trinajstić information content (AvgIpc) is 3.27. The Morgan fingerprint density at radius 1 is 1.11 bits per heavy atom. The predicted octanol–water partition coefficient (Wildman–Crippen LogP) is 4.01. The highest BCUT2D eigenvalue weighted by atomic mass is 32.1. The summed E-state index contributed by atoms with van der Waals surface area (Å²) in [4.78, 5) is 34.8. The standard InChI is InChI=1S/C25H30N8O2S/c1-6-9-32-10-12-33(13-11-32)17-7-8-18(20(14-17)35-5)28-25-26-15-19-22(29-25)31(4)24-21(23(34)30(19)3)27-16(2)36-24/h6-9,14-15H,10-13H2,1-5H3,(H,26,28,29). The minimum atomic E-state index is -0.173. The molecule has 10 nitrogen and oxygen atoms in total. The molecule has 11 heteroatoms. The number of fused-ring (bicyclic) bond motifs is 2. The number of rotatable bonds is 5. The topological polar surface area (TPSA) is 90.0 Å². The molecule has 0 atom stereocenters. The lowest BCUT2D eigenvalue weighted by molar-refractivity contribution is 0.0990. The van der Waals surface area contributed by atoms with E-state index in [1.165, 1.54) is 11.3 Å². The number of anilines is 6. The molecule has 0 aliphatic carbocycles. The summed E-state index contributed by atoms with van der Waals surface area (Å²) in [7, 11) is 5.27. The van der Waals surface area contributed by atoms with Gasteiger partial charge in [0, 0.05) is 52.0 Å². The first-order valence-electron chi connectivity index (χ1n) is 11.8. The monoisotopic (exact) mass is 506 g/mol. The molecule has 188 valence electrons. The number of amides is 1. The number of thiazole rings is 1. The molecule has 0 unspecified atom stereocenters. The van der Waals surface area contributed by atoms with Crippen molar-refractivity contribution in [2.24, 2.45) is 0 Å². The predicted molar refractivity (Wildman–Crippen MR) is 145 cm³/mol.